The zero-order chi connectivity index (χ0) is 31.6. The minimum absolute atomic E-state index is 0.310. The molecule has 0 radical (unpaired) electrons. The van der Waals surface area contributed by atoms with Crippen LogP contribution in [-0.2, 0) is 6.42 Å². The van der Waals surface area contributed by atoms with Gasteiger partial charge in [0.05, 0.1) is 11.4 Å². The number of para-hydroxylation sites is 1. The molecule has 0 spiro atoms. The first kappa shape index (κ1) is 30.1. The number of hydrogen-bond acceptors (Lipinski definition) is 5. The third kappa shape index (κ3) is 6.75. The van der Waals surface area contributed by atoms with Gasteiger partial charge in [-0.15, -0.1) is 29.6 Å². The molecule has 2 amide bonds. The van der Waals surface area contributed by atoms with Crippen LogP contribution in [0.5, 0.6) is 5.75 Å². The Kier molecular flexibility index (Phi) is 8.40. The number of halogens is 3. The van der Waals surface area contributed by atoms with E-state index in [0.717, 1.165) is 59.5 Å². The summed E-state index contributed by atoms with van der Waals surface area (Å²) >= 11 is 1.44. The summed E-state index contributed by atoms with van der Waals surface area (Å²) in [5, 5.41) is 9.52. The molecule has 1 aliphatic carbocycles. The summed E-state index contributed by atoms with van der Waals surface area (Å²) < 4.78 is 44.8. The highest BCUT2D eigenvalue weighted by molar-refractivity contribution is 7.07. The van der Waals surface area contributed by atoms with Gasteiger partial charge in [0.25, 0.3) is 0 Å². The summed E-state index contributed by atoms with van der Waals surface area (Å²) in [7, 11) is 0. The highest BCUT2D eigenvalue weighted by Gasteiger charge is 2.31. The summed E-state index contributed by atoms with van der Waals surface area (Å²) in [5.74, 6) is 0.157. The predicted octanol–water partition coefficient (Wildman–Crippen LogP) is 7.76. The normalized spacial score (nSPS) is 13.8. The lowest BCUT2D eigenvalue weighted by molar-refractivity contribution is -0.274. The lowest BCUT2D eigenvalue weighted by Crippen LogP contribution is -2.24. The number of alkyl halides is 3. The molecule has 45 heavy (non-hydrogen) atoms. The Morgan fingerprint density at radius 2 is 1.76 bits per heavy atom. The Labute approximate surface area is 261 Å². The van der Waals surface area contributed by atoms with E-state index in [1.807, 2.05) is 59.3 Å². The second-order valence-electron chi connectivity index (χ2n) is 10.5. The van der Waals surface area contributed by atoms with Crippen molar-refractivity contribution >= 4 is 22.9 Å². The lowest BCUT2D eigenvalue weighted by Gasteiger charge is -2.11. The fourth-order valence-electron chi connectivity index (χ4n) is 5.38. The maximum absolute atomic E-state index is 13.1. The molecule has 6 rings (SSSR count). The van der Waals surface area contributed by atoms with Crippen LogP contribution in [0.4, 0.5) is 18.0 Å². The molecule has 230 valence electrons. The van der Waals surface area contributed by atoms with Crippen molar-refractivity contribution in [2.75, 3.05) is 0 Å². The number of hydrogen-bond donors (Lipinski definition) is 1. The molecule has 3 aromatic carbocycles. The molecule has 12 heteroatoms. The number of nitrogens with one attached hydrogen (secondary N) is 1. The molecule has 0 fully saturated rings. The summed E-state index contributed by atoms with van der Waals surface area (Å²) in [5.41, 5.74) is 7.46. The number of urea groups is 1. The first-order valence-electron chi connectivity index (χ1n) is 14.4. The molecule has 0 saturated heterocycles. The fraction of sp³-hybridized carbons (Fsp3) is 0.212. The number of thiazole rings is 1. The van der Waals surface area contributed by atoms with Crippen LogP contribution in [0.15, 0.2) is 95.2 Å². The van der Waals surface area contributed by atoms with Crippen LogP contribution in [0.2, 0.25) is 0 Å². The van der Waals surface area contributed by atoms with Crippen LogP contribution < -0.4 is 14.9 Å². The molecule has 0 atom stereocenters. The fourth-order valence-corrected chi connectivity index (χ4v) is 6.24. The van der Waals surface area contributed by atoms with Crippen molar-refractivity contribution in [2.45, 2.75) is 45.9 Å². The average Bonchev–Trinajstić information content (AvgIpc) is 3.78. The van der Waals surface area contributed by atoms with Crippen LogP contribution in [0, 0.1) is 6.92 Å². The first-order chi connectivity index (χ1) is 21.7. The van der Waals surface area contributed by atoms with E-state index in [1.165, 1.54) is 52.2 Å². The quantitative estimate of drug-likeness (QED) is 0.199. The largest absolute Gasteiger partial charge is 0.573 e. The highest BCUT2D eigenvalue weighted by atomic mass is 32.1. The molecule has 0 saturated carbocycles. The van der Waals surface area contributed by atoms with Crippen molar-refractivity contribution in [2.24, 2.45) is 4.99 Å². The Bertz CT molecular complexity index is 1940. The molecule has 8 nitrogen and oxygen atoms in total. The number of carbonyl (C=O) groups excluding carboxylic acids is 1. The van der Waals surface area contributed by atoms with Gasteiger partial charge in [-0.2, -0.15) is 4.99 Å². The third-order valence-corrected chi connectivity index (χ3v) is 8.43. The van der Waals surface area contributed by atoms with Gasteiger partial charge >= 0.3 is 12.4 Å². The topological polar surface area (TPSA) is 86.3 Å². The zero-order valence-electron chi connectivity index (χ0n) is 24.5. The van der Waals surface area contributed by atoms with Gasteiger partial charge in [-0.1, -0.05) is 49.4 Å². The maximum atomic E-state index is 13.1. The number of amides is 2. The number of allylic oxidation sites excluding steroid dienone is 2. The second kappa shape index (κ2) is 12.6. The number of aryl methyl sites for hydroxylation is 2. The van der Waals surface area contributed by atoms with Gasteiger partial charge in [0.1, 0.15) is 12.1 Å². The van der Waals surface area contributed by atoms with Gasteiger partial charge in [0, 0.05) is 22.3 Å². The average molecular weight is 631 g/mol. The van der Waals surface area contributed by atoms with Gasteiger partial charge in [-0.3, -0.25) is 4.57 Å². The third-order valence-electron chi connectivity index (χ3n) is 7.48. The molecular formula is C33H29F3N6O2S. The highest BCUT2D eigenvalue weighted by Crippen LogP contribution is 2.33. The summed E-state index contributed by atoms with van der Waals surface area (Å²) in [6, 6.07) is 20.9. The van der Waals surface area contributed by atoms with E-state index >= 15 is 0 Å². The SMILES string of the molecule is CCc1ccccc1-n1c(C)cs/c1=N\C(=O)NC1=C(c2ccc(-c3ncn(-c4ccc(OC(F)(F)F)cc4)n3)cc2)CCC1. The molecule has 2 aromatic heterocycles. The number of aromatic nitrogens is 4. The molecule has 5 aromatic rings. The van der Waals surface area contributed by atoms with Gasteiger partial charge in [0.2, 0.25) is 0 Å². The van der Waals surface area contributed by atoms with Crippen LogP contribution >= 0.6 is 11.3 Å². The summed E-state index contributed by atoms with van der Waals surface area (Å²) in [4.78, 5) is 22.6. The van der Waals surface area contributed by atoms with Crippen molar-refractivity contribution in [3.05, 3.63) is 112 Å². The van der Waals surface area contributed by atoms with Crippen LogP contribution in [0.25, 0.3) is 28.3 Å². The number of rotatable bonds is 7. The molecule has 2 heterocycles. The number of ether oxygens (including phenoxy) is 1. The predicted molar refractivity (Wildman–Crippen MR) is 166 cm³/mol. The smallest absolute Gasteiger partial charge is 0.406 e. The van der Waals surface area contributed by atoms with Crippen LogP contribution in [0.1, 0.15) is 43.0 Å². The van der Waals surface area contributed by atoms with E-state index in [1.54, 1.807) is 0 Å². The maximum Gasteiger partial charge on any atom is 0.573 e. The Morgan fingerprint density at radius 3 is 2.49 bits per heavy atom. The van der Waals surface area contributed by atoms with Gasteiger partial charge in [-0.05, 0) is 79.6 Å². The first-order valence-corrected chi connectivity index (χ1v) is 15.3. The Hall–Kier alpha value is -4.97. The van der Waals surface area contributed by atoms with Crippen molar-refractivity contribution in [1.29, 1.82) is 0 Å². The molecule has 0 unspecified atom stereocenters. The monoisotopic (exact) mass is 630 g/mol. The molecule has 0 aliphatic heterocycles. The van der Waals surface area contributed by atoms with E-state index < -0.39 is 12.4 Å². The van der Waals surface area contributed by atoms with Gasteiger partial charge in [0.15, 0.2) is 10.6 Å². The standard InChI is InChI=1S/C33H29F3N6O2S/c1-3-22-7-4-5-10-29(22)42-21(2)19-45-32(42)39-31(43)38-28-9-6-8-27(28)23-11-13-24(14-12-23)30-37-20-41(40-30)25-15-17-26(18-16-25)44-33(34,35)36/h4-5,7,10-20H,3,6,8-9H2,1-2H3,(H,38,43)/b39-32-. The van der Waals surface area contributed by atoms with Crippen molar-refractivity contribution in [3.63, 3.8) is 0 Å². The van der Waals surface area contributed by atoms with E-state index in [9.17, 15) is 18.0 Å². The van der Waals surface area contributed by atoms with Crippen molar-refractivity contribution in [1.82, 2.24) is 24.6 Å². The van der Waals surface area contributed by atoms with Crippen LogP contribution in [-0.4, -0.2) is 31.7 Å². The molecule has 1 aliphatic rings. The molecular weight excluding hydrogens is 601 g/mol. The minimum Gasteiger partial charge on any atom is -0.406 e. The summed E-state index contributed by atoms with van der Waals surface area (Å²) in [6.45, 7) is 4.12. The van der Waals surface area contributed by atoms with E-state index in [2.05, 4.69) is 38.1 Å². The second-order valence-corrected chi connectivity index (χ2v) is 11.3. The zero-order valence-corrected chi connectivity index (χ0v) is 25.3. The molecule has 0 bridgehead atoms. The lowest BCUT2D eigenvalue weighted by atomic mass is 10.0. The van der Waals surface area contributed by atoms with Gasteiger partial charge in [-0.25, -0.2) is 14.5 Å². The molecule has 1 N–H and O–H groups in total. The minimum atomic E-state index is -4.75. The number of nitrogens with zero attached hydrogens (tertiary/aromatic N) is 5. The van der Waals surface area contributed by atoms with E-state index in [-0.39, 0.29) is 5.75 Å². The van der Waals surface area contributed by atoms with Crippen LogP contribution in [0.3, 0.4) is 0 Å². The van der Waals surface area contributed by atoms with E-state index in [4.69, 9.17) is 0 Å². The number of benzene rings is 3. The van der Waals surface area contributed by atoms with Gasteiger partial charge < -0.3 is 10.1 Å². The Balaban J connectivity index is 1.18. The summed E-state index contributed by atoms with van der Waals surface area (Å²) in [6.07, 6.45) is 0.122. The van der Waals surface area contributed by atoms with Crippen molar-refractivity contribution in [3.8, 4) is 28.5 Å². The Morgan fingerprint density at radius 1 is 1.02 bits per heavy atom. The number of carbonyl (C=O) groups is 1. The van der Waals surface area contributed by atoms with E-state index in [0.29, 0.717) is 16.3 Å². The van der Waals surface area contributed by atoms with Crippen molar-refractivity contribution < 1.29 is 22.7 Å².